The Hall–Kier alpha value is -2.82. The van der Waals surface area contributed by atoms with E-state index < -0.39 is 5.97 Å². The van der Waals surface area contributed by atoms with Crippen molar-refractivity contribution in [2.75, 3.05) is 20.3 Å². The lowest BCUT2D eigenvalue weighted by Crippen LogP contribution is -2.53. The van der Waals surface area contributed by atoms with Crippen molar-refractivity contribution in [2.24, 2.45) is 11.3 Å². The molecule has 2 aromatic carbocycles. The number of carbonyl (C=O) groups is 2. The van der Waals surface area contributed by atoms with Crippen molar-refractivity contribution in [1.29, 1.82) is 0 Å². The average Bonchev–Trinajstić information content (AvgIpc) is 2.85. The fourth-order valence-electron chi connectivity index (χ4n) is 6.53. The molecule has 1 amide bonds. The van der Waals surface area contributed by atoms with E-state index >= 15 is 0 Å². The molecule has 0 bridgehead atoms. The minimum atomic E-state index is -0.528. The Balaban J connectivity index is 1.39. The monoisotopic (exact) mass is 477 g/mol. The van der Waals surface area contributed by atoms with Crippen LogP contribution in [0.15, 0.2) is 42.5 Å². The summed E-state index contributed by atoms with van der Waals surface area (Å²) in [5, 5.41) is 3.08. The van der Waals surface area contributed by atoms with E-state index in [1.54, 1.807) is 31.4 Å². The molecule has 1 fully saturated rings. The van der Waals surface area contributed by atoms with Crippen LogP contribution in [0.2, 0.25) is 0 Å². The molecular formula is C30H39NO4. The molecule has 2 aliphatic rings. The minimum Gasteiger partial charge on any atom is -0.497 e. The summed E-state index contributed by atoms with van der Waals surface area (Å²) in [6, 6.07) is 13.8. The van der Waals surface area contributed by atoms with E-state index in [4.69, 9.17) is 9.47 Å². The highest BCUT2D eigenvalue weighted by molar-refractivity contribution is 5.91. The van der Waals surface area contributed by atoms with Gasteiger partial charge in [-0.15, -0.1) is 0 Å². The van der Waals surface area contributed by atoms with Gasteiger partial charge in [-0.3, -0.25) is 4.79 Å². The summed E-state index contributed by atoms with van der Waals surface area (Å²) in [5.41, 5.74) is 4.93. The van der Waals surface area contributed by atoms with Crippen molar-refractivity contribution < 1.29 is 19.1 Å². The number of rotatable bonds is 7. The van der Waals surface area contributed by atoms with Gasteiger partial charge in [-0.25, -0.2) is 4.79 Å². The topological polar surface area (TPSA) is 64.6 Å². The Bertz CT molecular complexity index is 1090. The van der Waals surface area contributed by atoms with Gasteiger partial charge in [0.15, 0.2) is 6.61 Å². The largest absolute Gasteiger partial charge is 0.497 e. The van der Waals surface area contributed by atoms with Crippen molar-refractivity contribution in [3.8, 4) is 5.75 Å². The van der Waals surface area contributed by atoms with Gasteiger partial charge in [0, 0.05) is 6.54 Å². The lowest BCUT2D eigenvalue weighted by Gasteiger charge is -2.55. The van der Waals surface area contributed by atoms with Gasteiger partial charge < -0.3 is 14.8 Å². The van der Waals surface area contributed by atoms with Crippen LogP contribution < -0.4 is 10.1 Å². The Morgan fingerprint density at radius 1 is 1.11 bits per heavy atom. The molecule has 5 nitrogen and oxygen atoms in total. The number of aryl methyl sites for hydroxylation is 1. The summed E-state index contributed by atoms with van der Waals surface area (Å²) in [6.07, 6.45) is 5.67. The van der Waals surface area contributed by atoms with Crippen LogP contribution in [0.3, 0.4) is 0 Å². The molecule has 0 saturated heterocycles. The number of hydrogen-bond donors (Lipinski definition) is 1. The van der Waals surface area contributed by atoms with Crippen LogP contribution in [0.25, 0.3) is 0 Å². The third-order valence-electron chi connectivity index (χ3n) is 8.50. The van der Waals surface area contributed by atoms with Gasteiger partial charge in [0.2, 0.25) is 0 Å². The molecule has 0 aromatic heterocycles. The van der Waals surface area contributed by atoms with E-state index in [-0.39, 0.29) is 23.3 Å². The number of methoxy groups -OCH3 is 1. The maximum absolute atomic E-state index is 12.6. The van der Waals surface area contributed by atoms with Gasteiger partial charge in [0.05, 0.1) is 12.7 Å². The van der Waals surface area contributed by atoms with Crippen LogP contribution in [0, 0.1) is 11.3 Å². The molecule has 0 radical (unpaired) electrons. The highest BCUT2D eigenvalue weighted by Crippen LogP contribution is 2.57. The van der Waals surface area contributed by atoms with Gasteiger partial charge in [-0.2, -0.15) is 0 Å². The van der Waals surface area contributed by atoms with Gasteiger partial charge >= 0.3 is 5.97 Å². The van der Waals surface area contributed by atoms with E-state index in [1.165, 1.54) is 23.1 Å². The van der Waals surface area contributed by atoms with Gasteiger partial charge in [0.1, 0.15) is 5.75 Å². The van der Waals surface area contributed by atoms with Crippen LogP contribution in [-0.2, 0) is 21.4 Å². The molecule has 0 spiro atoms. The minimum absolute atomic E-state index is 0.00781. The number of esters is 1. The lowest BCUT2D eigenvalue weighted by atomic mass is 9.49. The fourth-order valence-corrected chi connectivity index (χ4v) is 6.53. The number of carbonyl (C=O) groups excluding carboxylic acids is 2. The molecule has 2 aliphatic carbocycles. The summed E-state index contributed by atoms with van der Waals surface area (Å²) in [7, 11) is 1.54. The molecule has 1 N–H and O–H groups in total. The highest BCUT2D eigenvalue weighted by atomic mass is 16.5. The zero-order valence-electron chi connectivity index (χ0n) is 21.8. The van der Waals surface area contributed by atoms with Crippen molar-refractivity contribution in [3.63, 3.8) is 0 Å². The zero-order chi connectivity index (χ0) is 25.2. The molecule has 3 unspecified atom stereocenters. The molecule has 35 heavy (non-hydrogen) atoms. The molecule has 0 aliphatic heterocycles. The van der Waals surface area contributed by atoms with Gasteiger partial charge in [-0.05, 0) is 83.2 Å². The lowest BCUT2D eigenvalue weighted by molar-refractivity contribution is -0.125. The molecule has 1 saturated carbocycles. The first-order valence-corrected chi connectivity index (χ1v) is 12.9. The number of hydrogen-bond acceptors (Lipinski definition) is 4. The second-order valence-electron chi connectivity index (χ2n) is 11.2. The van der Waals surface area contributed by atoms with E-state index in [9.17, 15) is 9.59 Å². The maximum Gasteiger partial charge on any atom is 0.338 e. The van der Waals surface area contributed by atoms with Gasteiger partial charge in [-0.1, -0.05) is 58.4 Å². The molecule has 3 atom stereocenters. The second-order valence-corrected chi connectivity index (χ2v) is 11.2. The number of fused-ring (bicyclic) bond motifs is 3. The normalized spacial score (nSPS) is 25.4. The summed E-state index contributed by atoms with van der Waals surface area (Å²) in [6.45, 7) is 9.58. The van der Waals surface area contributed by atoms with Crippen LogP contribution in [0.5, 0.6) is 5.75 Å². The van der Waals surface area contributed by atoms with Crippen LogP contribution in [0.4, 0.5) is 0 Å². The standard InChI is InChI=1S/C30H39NO4/c1-20(2)21-10-12-25-22(16-21)11-13-26-29(3,14-7-15-30(25,26)4)19-31-27(32)18-35-28(33)23-8-6-9-24(17-23)34-5/h6,8-10,12,16-17,20,26H,7,11,13-15,18-19H2,1-5H3,(H,31,32). The van der Waals surface area contributed by atoms with Crippen molar-refractivity contribution in [2.45, 2.75) is 71.1 Å². The predicted molar refractivity (Wildman–Crippen MR) is 138 cm³/mol. The van der Waals surface area contributed by atoms with Crippen LogP contribution in [0.1, 0.15) is 86.3 Å². The molecule has 0 heterocycles. The number of ether oxygens (including phenoxy) is 2. The number of nitrogens with one attached hydrogen (secondary N) is 1. The first kappa shape index (κ1) is 25.3. The van der Waals surface area contributed by atoms with Gasteiger partial charge in [0.25, 0.3) is 5.91 Å². The smallest absolute Gasteiger partial charge is 0.338 e. The van der Waals surface area contributed by atoms with Crippen LogP contribution in [-0.4, -0.2) is 32.1 Å². The second kappa shape index (κ2) is 10.0. The summed E-state index contributed by atoms with van der Waals surface area (Å²) in [4.78, 5) is 25.0. The van der Waals surface area contributed by atoms with Crippen molar-refractivity contribution >= 4 is 11.9 Å². The fraction of sp³-hybridized carbons (Fsp3) is 0.533. The summed E-state index contributed by atoms with van der Waals surface area (Å²) in [5.74, 6) is 0.829. The first-order valence-electron chi connectivity index (χ1n) is 12.9. The van der Waals surface area contributed by atoms with Crippen molar-refractivity contribution in [3.05, 3.63) is 64.7 Å². The predicted octanol–water partition coefficient (Wildman–Crippen LogP) is 5.80. The Labute approximate surface area is 209 Å². The summed E-state index contributed by atoms with van der Waals surface area (Å²) >= 11 is 0. The van der Waals surface area contributed by atoms with E-state index in [0.717, 1.165) is 25.7 Å². The Kier molecular flexibility index (Phi) is 7.25. The average molecular weight is 478 g/mol. The number of amides is 1. The Morgan fingerprint density at radius 3 is 2.66 bits per heavy atom. The molecule has 4 rings (SSSR count). The van der Waals surface area contributed by atoms with E-state index in [2.05, 4.69) is 51.2 Å². The highest BCUT2D eigenvalue weighted by Gasteiger charge is 2.51. The molecule has 2 aromatic rings. The Morgan fingerprint density at radius 2 is 1.91 bits per heavy atom. The SMILES string of the molecule is COc1cccc(C(=O)OCC(=O)NCC2(C)CCCC3(C)c4ccc(C(C)C)cc4CCC23)c1. The zero-order valence-corrected chi connectivity index (χ0v) is 21.8. The molecule has 188 valence electrons. The summed E-state index contributed by atoms with van der Waals surface area (Å²) < 4.78 is 10.4. The molecule has 5 heteroatoms. The first-order chi connectivity index (χ1) is 16.7. The van der Waals surface area contributed by atoms with Crippen molar-refractivity contribution in [1.82, 2.24) is 5.32 Å². The quantitative estimate of drug-likeness (QED) is 0.512. The number of benzene rings is 2. The van der Waals surface area contributed by atoms with E-state index in [1.807, 2.05) is 0 Å². The third kappa shape index (κ3) is 5.10. The molecular weight excluding hydrogens is 438 g/mol. The van der Waals surface area contributed by atoms with E-state index in [0.29, 0.717) is 29.7 Å². The maximum atomic E-state index is 12.6. The third-order valence-corrected chi connectivity index (χ3v) is 8.50. The van der Waals surface area contributed by atoms with Crippen LogP contribution >= 0.6 is 0 Å².